The molecule has 1 fully saturated rings. The maximum absolute atomic E-state index is 15.2. The number of aromatic nitrogens is 1. The van der Waals surface area contributed by atoms with Gasteiger partial charge < -0.3 is 24.8 Å². The molecular weight excluding hydrogens is 577 g/mol. The molecule has 3 amide bonds. The number of ether oxygens (including phenoxy) is 3. The van der Waals surface area contributed by atoms with E-state index in [4.69, 9.17) is 14.2 Å². The highest BCUT2D eigenvalue weighted by molar-refractivity contribution is 6.07. The number of nitrogens with zero attached hydrogens (tertiary/aromatic N) is 3. The molecule has 2 aromatic carbocycles. The molecule has 1 aliphatic heterocycles. The average Bonchev–Trinajstić information content (AvgIpc) is 2.99. The number of halogens is 1. The molecular formula is C34H42FN5O5. The molecule has 0 saturated heterocycles. The second-order valence-corrected chi connectivity index (χ2v) is 12.5. The summed E-state index contributed by atoms with van der Waals surface area (Å²) in [6, 6.07) is 11.8. The minimum absolute atomic E-state index is 0.0606. The van der Waals surface area contributed by atoms with Crippen molar-refractivity contribution in [1.82, 2.24) is 10.3 Å². The van der Waals surface area contributed by atoms with E-state index in [0.717, 1.165) is 16.8 Å². The first-order valence-electron chi connectivity index (χ1n) is 15.3. The molecule has 2 heterocycles. The zero-order valence-corrected chi connectivity index (χ0v) is 26.8. The number of fused-ring (bicyclic) bond motifs is 1. The number of benzene rings is 2. The number of aryl methyl sites for hydroxylation is 1. The van der Waals surface area contributed by atoms with E-state index in [-0.39, 0.29) is 30.3 Å². The third-order valence-electron chi connectivity index (χ3n) is 8.18. The number of carbonyl (C=O) groups is 2. The molecule has 240 valence electrons. The third-order valence-corrected chi connectivity index (χ3v) is 8.18. The lowest BCUT2D eigenvalue weighted by atomic mass is 9.89. The summed E-state index contributed by atoms with van der Waals surface area (Å²) in [5, 5.41) is 6.34. The Kier molecular flexibility index (Phi) is 9.36. The number of urea groups is 1. The Hall–Kier alpha value is -4.54. The molecule has 1 aliphatic carbocycles. The van der Waals surface area contributed by atoms with Gasteiger partial charge in [0.1, 0.15) is 28.7 Å². The van der Waals surface area contributed by atoms with Crippen LogP contribution in [-0.2, 0) is 17.8 Å². The molecule has 45 heavy (non-hydrogen) atoms. The van der Waals surface area contributed by atoms with Crippen LogP contribution in [0, 0.1) is 12.7 Å². The number of amides is 3. The zero-order chi connectivity index (χ0) is 32.3. The van der Waals surface area contributed by atoms with Crippen molar-refractivity contribution in [2.75, 3.05) is 29.3 Å². The van der Waals surface area contributed by atoms with Crippen LogP contribution in [0.2, 0.25) is 0 Å². The van der Waals surface area contributed by atoms with Gasteiger partial charge in [0, 0.05) is 48.1 Å². The van der Waals surface area contributed by atoms with Crippen LogP contribution < -0.4 is 29.9 Å². The van der Waals surface area contributed by atoms with Gasteiger partial charge in [-0.1, -0.05) is 12.1 Å². The van der Waals surface area contributed by atoms with Crippen molar-refractivity contribution < 1.29 is 28.2 Å². The second-order valence-electron chi connectivity index (χ2n) is 12.5. The standard InChI is InChI=1S/C34H42FN5O5/c1-21-8-7-9-27(35)31(21)39-20-23-19-37-30(36-18-22-10-15-26(43-5)16-29(22)44-6)17-28(23)40(33(39)42)25-13-11-24(12-14-25)38-32(41)45-34(2,3)4/h7-10,15-17,19,24-25H,11-14,18,20H2,1-6H3,(H,36,37)(H,38,41)/t24-,25-. The molecule has 11 heteroatoms. The Labute approximate surface area is 263 Å². The first-order chi connectivity index (χ1) is 21.5. The molecule has 2 N–H and O–H groups in total. The highest BCUT2D eigenvalue weighted by Crippen LogP contribution is 2.39. The van der Waals surface area contributed by atoms with E-state index < -0.39 is 17.5 Å². The van der Waals surface area contributed by atoms with Gasteiger partial charge in [0.2, 0.25) is 0 Å². The van der Waals surface area contributed by atoms with Crippen LogP contribution in [0.15, 0.2) is 48.7 Å². The van der Waals surface area contributed by atoms with Gasteiger partial charge in [-0.15, -0.1) is 0 Å². The van der Waals surface area contributed by atoms with Crippen molar-refractivity contribution in [3.8, 4) is 11.5 Å². The van der Waals surface area contributed by atoms with Crippen LogP contribution in [0.4, 0.5) is 31.2 Å². The maximum Gasteiger partial charge on any atom is 0.407 e. The predicted octanol–water partition coefficient (Wildman–Crippen LogP) is 6.94. The Bertz CT molecular complexity index is 1530. The van der Waals surface area contributed by atoms with Crippen molar-refractivity contribution in [3.05, 3.63) is 71.2 Å². The van der Waals surface area contributed by atoms with Gasteiger partial charge in [-0.05, 0) is 77.1 Å². The Morgan fingerprint density at radius 1 is 1.07 bits per heavy atom. The minimum atomic E-state index is -0.586. The monoisotopic (exact) mass is 619 g/mol. The number of nitrogens with one attached hydrogen (secondary N) is 2. The molecule has 0 radical (unpaired) electrons. The summed E-state index contributed by atoms with van der Waals surface area (Å²) in [5.41, 5.74) is 2.84. The number of hydrogen-bond donors (Lipinski definition) is 2. The average molecular weight is 620 g/mol. The fourth-order valence-corrected chi connectivity index (χ4v) is 6.02. The number of anilines is 3. The molecule has 0 bridgehead atoms. The highest BCUT2D eigenvalue weighted by atomic mass is 19.1. The lowest BCUT2D eigenvalue weighted by molar-refractivity contribution is 0.0491. The Balaban J connectivity index is 1.41. The van der Waals surface area contributed by atoms with Gasteiger partial charge in [0.15, 0.2) is 0 Å². The molecule has 1 saturated carbocycles. The molecule has 1 aromatic heterocycles. The van der Waals surface area contributed by atoms with Crippen LogP contribution in [0.1, 0.15) is 63.1 Å². The molecule has 10 nitrogen and oxygen atoms in total. The van der Waals surface area contributed by atoms with Gasteiger partial charge in [-0.3, -0.25) is 9.80 Å². The van der Waals surface area contributed by atoms with Gasteiger partial charge in [0.25, 0.3) is 0 Å². The lowest BCUT2D eigenvalue weighted by Crippen LogP contribution is -2.54. The van der Waals surface area contributed by atoms with E-state index in [9.17, 15) is 9.59 Å². The third kappa shape index (κ3) is 7.24. The number of rotatable bonds is 8. The second kappa shape index (κ2) is 13.2. The molecule has 0 atom stereocenters. The number of methoxy groups -OCH3 is 2. The molecule has 3 aromatic rings. The topological polar surface area (TPSA) is 105 Å². The van der Waals surface area contributed by atoms with E-state index in [1.54, 1.807) is 44.4 Å². The SMILES string of the molecule is COc1ccc(CNc2cc3c(cn2)CN(c2c(C)cccc2F)C(=O)N3[C@H]2CC[C@H](NC(=O)OC(C)(C)C)CC2)c(OC)c1. The number of alkyl carbamates (subject to hydrolysis) is 1. The first kappa shape index (κ1) is 31.9. The summed E-state index contributed by atoms with van der Waals surface area (Å²) in [6.45, 7) is 7.93. The van der Waals surface area contributed by atoms with E-state index in [1.165, 1.54) is 11.0 Å². The van der Waals surface area contributed by atoms with E-state index in [0.29, 0.717) is 55.1 Å². The van der Waals surface area contributed by atoms with Crippen LogP contribution >= 0.6 is 0 Å². The lowest BCUT2D eigenvalue weighted by Gasteiger charge is -2.43. The smallest absolute Gasteiger partial charge is 0.407 e. The summed E-state index contributed by atoms with van der Waals surface area (Å²) < 4.78 is 31.5. The molecule has 0 unspecified atom stereocenters. The summed E-state index contributed by atoms with van der Waals surface area (Å²) in [5.74, 6) is 1.53. The minimum Gasteiger partial charge on any atom is -0.497 e. The van der Waals surface area contributed by atoms with Gasteiger partial charge in [-0.25, -0.2) is 19.0 Å². The number of carbonyl (C=O) groups excluding carboxylic acids is 2. The van der Waals surface area contributed by atoms with Crippen molar-refractivity contribution in [2.24, 2.45) is 0 Å². The normalized spacial score (nSPS) is 18.2. The van der Waals surface area contributed by atoms with Crippen LogP contribution in [0.5, 0.6) is 11.5 Å². The van der Waals surface area contributed by atoms with Crippen molar-refractivity contribution in [2.45, 2.75) is 84.2 Å². The van der Waals surface area contributed by atoms with Crippen molar-refractivity contribution in [3.63, 3.8) is 0 Å². The fourth-order valence-electron chi connectivity index (χ4n) is 6.02. The van der Waals surface area contributed by atoms with Crippen molar-refractivity contribution >= 4 is 29.3 Å². The number of hydrogen-bond acceptors (Lipinski definition) is 7. The molecule has 0 spiro atoms. The van der Waals surface area contributed by atoms with Crippen LogP contribution in [-0.4, -0.2) is 49.0 Å². The predicted molar refractivity (Wildman–Crippen MR) is 172 cm³/mol. The van der Waals surface area contributed by atoms with E-state index in [2.05, 4.69) is 15.6 Å². The summed E-state index contributed by atoms with van der Waals surface area (Å²) in [7, 11) is 3.22. The van der Waals surface area contributed by atoms with Crippen molar-refractivity contribution in [1.29, 1.82) is 0 Å². The quantitative estimate of drug-likeness (QED) is 0.281. The van der Waals surface area contributed by atoms with Crippen LogP contribution in [0.25, 0.3) is 0 Å². The van der Waals surface area contributed by atoms with Gasteiger partial charge >= 0.3 is 12.1 Å². The number of para-hydroxylation sites is 1. The summed E-state index contributed by atoms with van der Waals surface area (Å²) in [6.07, 6.45) is 3.97. The number of pyridine rings is 1. The highest BCUT2D eigenvalue weighted by Gasteiger charge is 2.39. The van der Waals surface area contributed by atoms with Gasteiger partial charge in [0.05, 0.1) is 32.1 Å². The van der Waals surface area contributed by atoms with E-state index in [1.807, 2.05) is 45.0 Å². The largest absolute Gasteiger partial charge is 0.497 e. The Morgan fingerprint density at radius 3 is 2.49 bits per heavy atom. The Morgan fingerprint density at radius 2 is 1.82 bits per heavy atom. The summed E-state index contributed by atoms with van der Waals surface area (Å²) in [4.78, 5) is 34.6. The molecule has 5 rings (SSSR count). The fraction of sp³-hybridized carbons (Fsp3) is 0.441. The zero-order valence-electron chi connectivity index (χ0n) is 26.8. The first-order valence-corrected chi connectivity index (χ1v) is 15.3. The molecule has 2 aliphatic rings. The van der Waals surface area contributed by atoms with Crippen LogP contribution in [0.3, 0.4) is 0 Å². The van der Waals surface area contributed by atoms with E-state index >= 15 is 4.39 Å². The summed E-state index contributed by atoms with van der Waals surface area (Å²) >= 11 is 0. The maximum atomic E-state index is 15.2. The van der Waals surface area contributed by atoms with Gasteiger partial charge in [-0.2, -0.15) is 0 Å².